The van der Waals surface area contributed by atoms with Crippen molar-refractivity contribution >= 4 is 23.2 Å². The molecule has 1 heterocycles. The van der Waals surface area contributed by atoms with E-state index < -0.39 is 0 Å². The van der Waals surface area contributed by atoms with Crippen LogP contribution in [0.25, 0.3) is 0 Å². The van der Waals surface area contributed by atoms with Gasteiger partial charge in [0.25, 0.3) is 0 Å². The second kappa shape index (κ2) is 14.9. The first kappa shape index (κ1) is 28.0. The van der Waals surface area contributed by atoms with Crippen LogP contribution in [-0.2, 0) is 22.6 Å². The van der Waals surface area contributed by atoms with E-state index in [-0.39, 0.29) is 18.4 Å². The molecule has 1 fully saturated rings. The van der Waals surface area contributed by atoms with Crippen LogP contribution < -0.4 is 9.47 Å². The quantitative estimate of drug-likeness (QED) is 0.295. The van der Waals surface area contributed by atoms with E-state index in [1.165, 1.54) is 25.7 Å². The smallest absolute Gasteiger partial charge is 0.242 e. The van der Waals surface area contributed by atoms with Crippen molar-refractivity contribution in [3.63, 3.8) is 0 Å². The number of carbonyl (C=O) groups is 2. The number of thiophene rings is 1. The Bertz CT molecular complexity index is 941. The van der Waals surface area contributed by atoms with Crippen LogP contribution in [0.15, 0.2) is 35.7 Å². The zero-order valence-electron chi connectivity index (χ0n) is 22.2. The SMILES string of the molecule is CCCCN(CC(=O)N(CCc1ccc(OC)c(OC)c1)Cc1cccs1)C(=O)CCC1CCCC1. The molecular formula is C29H42N2O4S. The highest BCUT2D eigenvalue weighted by Gasteiger charge is 2.23. The van der Waals surface area contributed by atoms with Crippen molar-refractivity contribution in [2.45, 2.75) is 71.3 Å². The first-order chi connectivity index (χ1) is 17.5. The first-order valence-corrected chi connectivity index (χ1v) is 14.2. The average molecular weight is 515 g/mol. The molecule has 36 heavy (non-hydrogen) atoms. The molecule has 0 saturated heterocycles. The van der Waals surface area contributed by atoms with Crippen LogP contribution in [0.2, 0.25) is 0 Å². The maximum Gasteiger partial charge on any atom is 0.242 e. The zero-order valence-corrected chi connectivity index (χ0v) is 23.0. The summed E-state index contributed by atoms with van der Waals surface area (Å²) < 4.78 is 10.8. The Morgan fingerprint density at radius 1 is 1.00 bits per heavy atom. The molecule has 1 aliphatic rings. The Hall–Kier alpha value is -2.54. The lowest BCUT2D eigenvalue weighted by atomic mass is 10.0. The van der Waals surface area contributed by atoms with E-state index in [9.17, 15) is 9.59 Å². The lowest BCUT2D eigenvalue weighted by Crippen LogP contribution is -2.43. The molecule has 7 heteroatoms. The molecule has 0 N–H and O–H groups in total. The number of carbonyl (C=O) groups excluding carboxylic acids is 2. The van der Waals surface area contributed by atoms with Crippen molar-refractivity contribution in [2.24, 2.45) is 5.92 Å². The number of nitrogens with zero attached hydrogens (tertiary/aromatic N) is 2. The Morgan fingerprint density at radius 3 is 2.44 bits per heavy atom. The molecule has 1 aromatic carbocycles. The van der Waals surface area contributed by atoms with Crippen molar-refractivity contribution in [2.75, 3.05) is 33.9 Å². The van der Waals surface area contributed by atoms with Gasteiger partial charge >= 0.3 is 0 Å². The van der Waals surface area contributed by atoms with Gasteiger partial charge in [-0.05, 0) is 54.3 Å². The van der Waals surface area contributed by atoms with Crippen molar-refractivity contribution in [1.82, 2.24) is 9.80 Å². The molecule has 1 aromatic heterocycles. The third kappa shape index (κ3) is 8.54. The lowest BCUT2D eigenvalue weighted by molar-refractivity contribution is -0.141. The molecule has 0 aliphatic heterocycles. The zero-order chi connectivity index (χ0) is 25.8. The van der Waals surface area contributed by atoms with Crippen LogP contribution in [0.3, 0.4) is 0 Å². The Labute approximate surface area is 220 Å². The highest BCUT2D eigenvalue weighted by Crippen LogP contribution is 2.29. The molecule has 1 aliphatic carbocycles. The largest absolute Gasteiger partial charge is 0.493 e. The molecule has 2 amide bonds. The summed E-state index contributed by atoms with van der Waals surface area (Å²) in [4.78, 5) is 31.5. The van der Waals surface area contributed by atoms with Crippen LogP contribution in [0.4, 0.5) is 0 Å². The summed E-state index contributed by atoms with van der Waals surface area (Å²) in [5.74, 6) is 2.18. The molecule has 3 rings (SSSR count). The van der Waals surface area contributed by atoms with Gasteiger partial charge in [0.05, 0.1) is 27.3 Å². The molecule has 1 saturated carbocycles. The molecular weight excluding hydrogens is 472 g/mol. The van der Waals surface area contributed by atoms with E-state index >= 15 is 0 Å². The number of hydrogen-bond donors (Lipinski definition) is 0. The van der Waals surface area contributed by atoms with Gasteiger partial charge in [-0.25, -0.2) is 0 Å². The van der Waals surface area contributed by atoms with Crippen molar-refractivity contribution in [3.05, 3.63) is 46.2 Å². The third-order valence-corrected chi connectivity index (χ3v) is 7.96. The summed E-state index contributed by atoms with van der Waals surface area (Å²) in [6.07, 6.45) is 9.17. The average Bonchev–Trinajstić information content (AvgIpc) is 3.61. The van der Waals surface area contributed by atoms with Gasteiger partial charge in [-0.15, -0.1) is 11.3 Å². The second-order valence-corrected chi connectivity index (χ2v) is 10.7. The van der Waals surface area contributed by atoms with Gasteiger partial charge < -0.3 is 19.3 Å². The van der Waals surface area contributed by atoms with Gasteiger partial charge in [0.1, 0.15) is 0 Å². The minimum absolute atomic E-state index is 0.00851. The van der Waals surface area contributed by atoms with Crippen molar-refractivity contribution in [1.29, 1.82) is 0 Å². The summed E-state index contributed by atoms with van der Waals surface area (Å²) in [7, 11) is 3.25. The van der Waals surface area contributed by atoms with Gasteiger partial charge in [-0.3, -0.25) is 9.59 Å². The van der Waals surface area contributed by atoms with Gasteiger partial charge in [-0.1, -0.05) is 51.2 Å². The van der Waals surface area contributed by atoms with Crippen LogP contribution in [0, 0.1) is 5.92 Å². The molecule has 0 radical (unpaired) electrons. The van der Waals surface area contributed by atoms with Crippen LogP contribution >= 0.6 is 11.3 Å². The van der Waals surface area contributed by atoms with Crippen LogP contribution in [0.1, 0.15) is 68.7 Å². The number of amides is 2. The predicted molar refractivity (Wildman–Crippen MR) is 146 cm³/mol. The molecule has 0 atom stereocenters. The fraction of sp³-hybridized carbons (Fsp3) is 0.586. The summed E-state index contributed by atoms with van der Waals surface area (Å²) in [5, 5.41) is 2.03. The third-order valence-electron chi connectivity index (χ3n) is 7.10. The fourth-order valence-electron chi connectivity index (χ4n) is 4.87. The number of ether oxygens (including phenoxy) is 2. The minimum Gasteiger partial charge on any atom is -0.493 e. The minimum atomic E-state index is 0.00851. The molecule has 0 unspecified atom stereocenters. The van der Waals surface area contributed by atoms with E-state index in [0.29, 0.717) is 49.9 Å². The number of rotatable bonds is 15. The van der Waals surface area contributed by atoms with Gasteiger partial charge in [0, 0.05) is 24.4 Å². The Kier molecular flexibility index (Phi) is 11.6. The summed E-state index contributed by atoms with van der Waals surface area (Å²) in [6.45, 7) is 4.05. The summed E-state index contributed by atoms with van der Waals surface area (Å²) in [5.41, 5.74) is 1.08. The Balaban J connectivity index is 1.66. The van der Waals surface area contributed by atoms with E-state index in [2.05, 4.69) is 13.0 Å². The standard InChI is InChI=1S/C29H42N2O4S/c1-4-5-17-30(28(32)15-13-23-9-6-7-10-23)22-29(33)31(21-25-11-8-19-36-25)18-16-24-12-14-26(34-2)27(20-24)35-3/h8,11-12,14,19-20,23H,4-7,9-10,13,15-18,21-22H2,1-3H3. The first-order valence-electron chi connectivity index (χ1n) is 13.3. The monoisotopic (exact) mass is 514 g/mol. The Morgan fingerprint density at radius 2 is 1.78 bits per heavy atom. The predicted octanol–water partition coefficient (Wildman–Crippen LogP) is 5.94. The molecule has 2 aromatic rings. The van der Waals surface area contributed by atoms with Crippen molar-refractivity contribution < 1.29 is 19.1 Å². The second-order valence-electron chi connectivity index (χ2n) is 9.69. The molecule has 0 spiro atoms. The summed E-state index contributed by atoms with van der Waals surface area (Å²) in [6, 6.07) is 9.94. The summed E-state index contributed by atoms with van der Waals surface area (Å²) >= 11 is 1.65. The van der Waals surface area contributed by atoms with Crippen LogP contribution in [-0.4, -0.2) is 55.5 Å². The van der Waals surface area contributed by atoms with Gasteiger partial charge in [-0.2, -0.15) is 0 Å². The lowest BCUT2D eigenvalue weighted by Gasteiger charge is -2.28. The number of hydrogen-bond acceptors (Lipinski definition) is 5. The fourth-order valence-corrected chi connectivity index (χ4v) is 5.59. The van der Waals surface area contributed by atoms with Gasteiger partial charge in [0.2, 0.25) is 11.8 Å². The van der Waals surface area contributed by atoms with Crippen molar-refractivity contribution in [3.8, 4) is 11.5 Å². The normalized spacial score (nSPS) is 13.5. The molecule has 0 bridgehead atoms. The van der Waals surface area contributed by atoms with Crippen LogP contribution in [0.5, 0.6) is 11.5 Å². The number of methoxy groups -OCH3 is 2. The molecule has 6 nitrogen and oxygen atoms in total. The maximum absolute atomic E-state index is 13.5. The number of benzene rings is 1. The maximum atomic E-state index is 13.5. The topological polar surface area (TPSA) is 59.1 Å². The van der Waals surface area contributed by atoms with E-state index in [1.807, 2.05) is 34.5 Å². The van der Waals surface area contributed by atoms with E-state index in [0.717, 1.165) is 29.7 Å². The van der Waals surface area contributed by atoms with E-state index in [4.69, 9.17) is 9.47 Å². The highest BCUT2D eigenvalue weighted by molar-refractivity contribution is 7.09. The van der Waals surface area contributed by atoms with E-state index in [1.54, 1.807) is 30.5 Å². The van der Waals surface area contributed by atoms with Gasteiger partial charge in [0.15, 0.2) is 11.5 Å². The number of unbranched alkanes of at least 4 members (excludes halogenated alkanes) is 1. The molecule has 198 valence electrons. The highest BCUT2D eigenvalue weighted by atomic mass is 32.1.